The van der Waals surface area contributed by atoms with E-state index in [0.29, 0.717) is 11.3 Å². The van der Waals surface area contributed by atoms with Gasteiger partial charge in [0, 0.05) is 30.4 Å². The second-order valence-electron chi connectivity index (χ2n) is 4.04. The van der Waals surface area contributed by atoms with Gasteiger partial charge in [-0.3, -0.25) is 4.98 Å². The van der Waals surface area contributed by atoms with Gasteiger partial charge in [-0.1, -0.05) is 0 Å². The van der Waals surface area contributed by atoms with Crippen LogP contribution in [0.5, 0.6) is 5.75 Å². The predicted octanol–water partition coefficient (Wildman–Crippen LogP) is 0.601. The van der Waals surface area contributed by atoms with Crippen LogP contribution in [-0.2, 0) is 13.2 Å². The summed E-state index contributed by atoms with van der Waals surface area (Å²) < 4.78 is 36.2. The van der Waals surface area contributed by atoms with Crippen molar-refractivity contribution < 1.29 is 28.5 Å². The van der Waals surface area contributed by atoms with Gasteiger partial charge in [-0.2, -0.15) is 13.2 Å². The molecular weight excluding hydrogens is 265 g/mol. The fourth-order valence-corrected chi connectivity index (χ4v) is 1.47. The van der Waals surface area contributed by atoms with E-state index in [0.717, 1.165) is 0 Å². The number of nitrogens with zero attached hydrogens (tertiary/aromatic N) is 1. The van der Waals surface area contributed by atoms with E-state index in [2.05, 4.69) is 10.3 Å². The van der Waals surface area contributed by atoms with E-state index in [1.54, 1.807) is 0 Å². The Morgan fingerprint density at radius 1 is 1.42 bits per heavy atom. The molecule has 108 valence electrons. The molecule has 19 heavy (non-hydrogen) atoms. The van der Waals surface area contributed by atoms with Gasteiger partial charge in [-0.15, -0.1) is 0 Å². The number of rotatable bonds is 5. The van der Waals surface area contributed by atoms with Crippen molar-refractivity contribution in [1.82, 2.24) is 10.3 Å². The molecule has 5 nitrogen and oxygen atoms in total. The number of aliphatic hydroxyl groups is 2. The average molecular weight is 280 g/mol. The lowest BCUT2D eigenvalue weighted by molar-refractivity contribution is -0.201. The van der Waals surface area contributed by atoms with E-state index >= 15 is 0 Å². The summed E-state index contributed by atoms with van der Waals surface area (Å²) in [4.78, 5) is 3.83. The quantitative estimate of drug-likeness (QED) is 0.634. The third-order valence-electron chi connectivity index (χ3n) is 2.62. The summed E-state index contributed by atoms with van der Waals surface area (Å²) in [7, 11) is 0. The van der Waals surface area contributed by atoms with Crippen molar-refractivity contribution in [2.75, 3.05) is 6.54 Å². The van der Waals surface area contributed by atoms with Crippen LogP contribution in [0.15, 0.2) is 6.20 Å². The SMILES string of the molecule is Cc1ncc(CO)c(CNCC(O)C(F)(F)F)c1O. The number of nitrogens with one attached hydrogen (secondary N) is 1. The minimum atomic E-state index is -4.69. The summed E-state index contributed by atoms with van der Waals surface area (Å²) >= 11 is 0. The number of alkyl halides is 3. The molecule has 0 spiro atoms. The van der Waals surface area contributed by atoms with Gasteiger partial charge in [0.1, 0.15) is 5.75 Å². The molecule has 0 amide bonds. The average Bonchev–Trinajstić information content (AvgIpc) is 2.33. The Labute approximate surface area is 107 Å². The maximum atomic E-state index is 12.1. The van der Waals surface area contributed by atoms with E-state index in [4.69, 9.17) is 10.2 Å². The Morgan fingerprint density at radius 2 is 2.05 bits per heavy atom. The number of hydrogen-bond acceptors (Lipinski definition) is 5. The van der Waals surface area contributed by atoms with E-state index in [1.807, 2.05) is 0 Å². The summed E-state index contributed by atoms with van der Waals surface area (Å²) in [5.74, 6) is -0.180. The minimum absolute atomic E-state index is 0.113. The van der Waals surface area contributed by atoms with Crippen molar-refractivity contribution in [3.63, 3.8) is 0 Å². The molecule has 8 heteroatoms. The highest BCUT2D eigenvalue weighted by Crippen LogP contribution is 2.24. The first-order valence-corrected chi connectivity index (χ1v) is 5.50. The van der Waals surface area contributed by atoms with Crippen LogP contribution in [-0.4, -0.2) is 39.1 Å². The molecule has 1 atom stereocenters. The zero-order chi connectivity index (χ0) is 14.6. The Hall–Kier alpha value is -1.38. The van der Waals surface area contributed by atoms with Crippen LogP contribution in [0.3, 0.4) is 0 Å². The first kappa shape index (κ1) is 15.7. The standard InChI is InChI=1S/C11H15F3N2O3/c1-6-10(19)8(7(5-17)2-16-6)3-15-4-9(18)11(12,13)14/h2,9,15,17-19H,3-5H2,1H3. The lowest BCUT2D eigenvalue weighted by atomic mass is 10.1. The molecule has 1 aromatic heterocycles. The normalized spacial score (nSPS) is 13.6. The van der Waals surface area contributed by atoms with Crippen molar-refractivity contribution in [2.24, 2.45) is 0 Å². The Balaban J connectivity index is 2.70. The predicted molar refractivity (Wildman–Crippen MR) is 60.3 cm³/mol. The van der Waals surface area contributed by atoms with Gasteiger partial charge in [-0.25, -0.2) is 0 Å². The Kier molecular flexibility index (Phi) is 5.10. The maximum Gasteiger partial charge on any atom is 0.415 e. The number of halogens is 3. The molecule has 1 unspecified atom stereocenters. The second-order valence-corrected chi connectivity index (χ2v) is 4.04. The molecule has 0 saturated heterocycles. The number of aromatic hydroxyl groups is 1. The second kappa shape index (κ2) is 6.18. The molecule has 0 fully saturated rings. The summed E-state index contributed by atoms with van der Waals surface area (Å²) in [6.07, 6.45) is -5.83. The van der Waals surface area contributed by atoms with Crippen molar-refractivity contribution in [1.29, 1.82) is 0 Å². The third-order valence-corrected chi connectivity index (χ3v) is 2.62. The van der Waals surface area contributed by atoms with E-state index in [9.17, 15) is 18.3 Å². The molecule has 0 aliphatic heterocycles. The highest BCUT2D eigenvalue weighted by molar-refractivity contribution is 5.40. The molecule has 1 aromatic rings. The van der Waals surface area contributed by atoms with Gasteiger partial charge in [-0.05, 0) is 6.92 Å². The smallest absolute Gasteiger partial charge is 0.415 e. The summed E-state index contributed by atoms with van der Waals surface area (Å²) in [5, 5.41) is 30.0. The van der Waals surface area contributed by atoms with Crippen molar-refractivity contribution in [3.8, 4) is 5.75 Å². The largest absolute Gasteiger partial charge is 0.506 e. The summed E-state index contributed by atoms with van der Waals surface area (Å²) in [5.41, 5.74) is 0.895. The van der Waals surface area contributed by atoms with Gasteiger partial charge in [0.25, 0.3) is 0 Å². The first-order valence-electron chi connectivity index (χ1n) is 5.50. The zero-order valence-electron chi connectivity index (χ0n) is 10.2. The lowest BCUT2D eigenvalue weighted by Crippen LogP contribution is -2.38. The van der Waals surface area contributed by atoms with E-state index < -0.39 is 18.8 Å². The molecule has 1 rings (SSSR count). The summed E-state index contributed by atoms with van der Waals surface area (Å²) in [6, 6.07) is 0. The van der Waals surface area contributed by atoms with E-state index in [-0.39, 0.29) is 24.5 Å². The molecular formula is C11H15F3N2O3. The van der Waals surface area contributed by atoms with Crippen LogP contribution in [0.2, 0.25) is 0 Å². The fourth-order valence-electron chi connectivity index (χ4n) is 1.47. The van der Waals surface area contributed by atoms with Crippen molar-refractivity contribution >= 4 is 0 Å². The zero-order valence-corrected chi connectivity index (χ0v) is 10.2. The molecule has 0 bridgehead atoms. The monoisotopic (exact) mass is 280 g/mol. The molecule has 0 aliphatic rings. The van der Waals surface area contributed by atoms with Gasteiger partial charge >= 0.3 is 6.18 Å². The lowest BCUT2D eigenvalue weighted by Gasteiger charge is -2.16. The van der Waals surface area contributed by atoms with Gasteiger partial charge in [0.05, 0.1) is 12.3 Å². The fraction of sp³-hybridized carbons (Fsp3) is 0.545. The molecule has 0 radical (unpaired) electrons. The number of aryl methyl sites for hydroxylation is 1. The molecule has 1 heterocycles. The van der Waals surface area contributed by atoms with Crippen LogP contribution in [0, 0.1) is 6.92 Å². The van der Waals surface area contributed by atoms with Gasteiger partial charge in [0.15, 0.2) is 6.10 Å². The molecule has 0 aromatic carbocycles. The van der Waals surface area contributed by atoms with Crippen molar-refractivity contribution in [2.45, 2.75) is 32.4 Å². The van der Waals surface area contributed by atoms with Crippen LogP contribution in [0.1, 0.15) is 16.8 Å². The topological polar surface area (TPSA) is 85.6 Å². The Morgan fingerprint density at radius 3 is 2.58 bits per heavy atom. The number of aromatic nitrogens is 1. The number of pyridine rings is 1. The van der Waals surface area contributed by atoms with Gasteiger partial charge < -0.3 is 20.6 Å². The van der Waals surface area contributed by atoms with Crippen LogP contribution in [0.25, 0.3) is 0 Å². The number of hydrogen-bond donors (Lipinski definition) is 4. The van der Waals surface area contributed by atoms with Gasteiger partial charge in [0.2, 0.25) is 0 Å². The number of aliphatic hydroxyl groups excluding tert-OH is 2. The third kappa shape index (κ3) is 4.05. The highest BCUT2D eigenvalue weighted by atomic mass is 19.4. The molecule has 0 aliphatic carbocycles. The van der Waals surface area contributed by atoms with Crippen LogP contribution >= 0.6 is 0 Å². The Bertz CT molecular complexity index is 438. The van der Waals surface area contributed by atoms with Crippen molar-refractivity contribution in [3.05, 3.63) is 23.0 Å². The van der Waals surface area contributed by atoms with E-state index in [1.165, 1.54) is 13.1 Å². The maximum absolute atomic E-state index is 12.1. The minimum Gasteiger partial charge on any atom is -0.506 e. The highest BCUT2D eigenvalue weighted by Gasteiger charge is 2.37. The summed E-state index contributed by atoms with van der Waals surface area (Å²) in [6.45, 7) is 0.331. The van der Waals surface area contributed by atoms with Crippen LogP contribution < -0.4 is 5.32 Å². The molecule has 4 N–H and O–H groups in total. The van der Waals surface area contributed by atoms with Crippen LogP contribution in [0.4, 0.5) is 13.2 Å². The first-order chi connectivity index (χ1) is 8.77. The molecule has 0 saturated carbocycles.